The lowest BCUT2D eigenvalue weighted by molar-refractivity contribution is -0.117. The Kier molecular flexibility index (Phi) is 9.94. The number of aromatic nitrogens is 1. The number of carbonyl (C=O) groups is 2. The quantitative estimate of drug-likeness (QED) is 0.335. The lowest BCUT2D eigenvalue weighted by Crippen LogP contribution is -2.42. The van der Waals surface area contributed by atoms with Gasteiger partial charge in [-0.2, -0.15) is 0 Å². The number of halogens is 3. The highest BCUT2D eigenvalue weighted by molar-refractivity contribution is 6.39. The molecule has 2 amide bonds. The summed E-state index contributed by atoms with van der Waals surface area (Å²) >= 11 is 19.4. The Balaban J connectivity index is 1.55. The number of nitrogens with zero attached hydrogens (tertiary/aromatic N) is 3. The summed E-state index contributed by atoms with van der Waals surface area (Å²) in [5.74, 6) is -1.14. The summed E-state index contributed by atoms with van der Waals surface area (Å²) in [5, 5.41) is 6.65. The van der Waals surface area contributed by atoms with E-state index < -0.39 is 18.0 Å². The molecule has 1 unspecified atom stereocenters. The van der Waals surface area contributed by atoms with Crippen molar-refractivity contribution in [3.8, 4) is 5.88 Å². The second-order valence-electron chi connectivity index (χ2n) is 9.55. The van der Waals surface area contributed by atoms with Crippen molar-refractivity contribution in [1.82, 2.24) is 15.2 Å². The Morgan fingerprint density at radius 2 is 1.90 bits per heavy atom. The summed E-state index contributed by atoms with van der Waals surface area (Å²) < 4.78 is 16.1. The summed E-state index contributed by atoms with van der Waals surface area (Å²) in [6.45, 7) is 3.71. The number of nitrogens with one attached hydrogen (secondary N) is 2. The molecule has 1 saturated heterocycles. The molecule has 2 aliphatic rings. The number of amides is 2. The summed E-state index contributed by atoms with van der Waals surface area (Å²) in [4.78, 5) is 38.1. The van der Waals surface area contributed by atoms with Gasteiger partial charge in [0.25, 0.3) is 11.8 Å². The van der Waals surface area contributed by atoms with Gasteiger partial charge in [0.05, 0.1) is 41.3 Å². The van der Waals surface area contributed by atoms with Crippen LogP contribution in [0.25, 0.3) is 0 Å². The van der Waals surface area contributed by atoms with E-state index in [9.17, 15) is 9.59 Å². The van der Waals surface area contributed by atoms with Crippen molar-refractivity contribution in [1.29, 1.82) is 0 Å². The number of ether oxygens (including phenoxy) is 3. The maximum Gasteiger partial charge on any atom is 0.269 e. The largest absolute Gasteiger partial charge is 0.475 e. The standard InChI is InChI=1S/C29H28Cl3N5O5/c1-40-10-11-42-29-21(13-19(31)15-33-29)27(38)36-26-28(39)34-23-5-3-2-4-20(23)25(35-26)24-17(12-18(30)14-22(24)32)16-37-6-8-41-9-7-37/h2-5,12-15,26H,6-11,16H2,1H3,(H,34,39)(H,36,38). The van der Waals surface area contributed by atoms with Gasteiger partial charge in [-0.1, -0.05) is 53.0 Å². The van der Waals surface area contributed by atoms with E-state index in [0.717, 1.165) is 18.7 Å². The number of pyridine rings is 1. The van der Waals surface area contributed by atoms with E-state index in [2.05, 4.69) is 20.5 Å². The Labute approximate surface area is 257 Å². The highest BCUT2D eigenvalue weighted by Crippen LogP contribution is 2.33. The van der Waals surface area contributed by atoms with Gasteiger partial charge in [-0.05, 0) is 29.8 Å². The monoisotopic (exact) mass is 631 g/mol. The van der Waals surface area contributed by atoms with Crippen LogP contribution in [-0.4, -0.2) is 80.2 Å². The van der Waals surface area contributed by atoms with Crippen molar-refractivity contribution in [3.63, 3.8) is 0 Å². The molecule has 220 valence electrons. The number of methoxy groups -OCH3 is 1. The number of anilines is 1. The van der Waals surface area contributed by atoms with Crippen LogP contribution in [-0.2, 0) is 20.8 Å². The van der Waals surface area contributed by atoms with E-state index in [0.29, 0.717) is 52.3 Å². The number of para-hydroxylation sites is 1. The maximum absolute atomic E-state index is 13.5. The third kappa shape index (κ3) is 7.03. The van der Waals surface area contributed by atoms with Crippen molar-refractivity contribution >= 4 is 58.0 Å². The topological polar surface area (TPSA) is 114 Å². The van der Waals surface area contributed by atoms with Crippen LogP contribution < -0.4 is 15.4 Å². The van der Waals surface area contributed by atoms with Crippen molar-refractivity contribution in [3.05, 3.63) is 86.0 Å². The van der Waals surface area contributed by atoms with E-state index in [4.69, 9.17) is 54.0 Å². The second kappa shape index (κ2) is 13.8. The summed E-state index contributed by atoms with van der Waals surface area (Å²) in [6, 6.07) is 12.1. The van der Waals surface area contributed by atoms with Crippen LogP contribution in [0, 0.1) is 0 Å². The van der Waals surface area contributed by atoms with Crippen LogP contribution in [0.2, 0.25) is 15.1 Å². The molecule has 2 aliphatic heterocycles. The molecular formula is C29H28Cl3N5O5. The predicted molar refractivity (Wildman–Crippen MR) is 161 cm³/mol. The molecule has 3 heterocycles. The molecule has 2 aromatic carbocycles. The van der Waals surface area contributed by atoms with Crippen LogP contribution in [0.4, 0.5) is 5.69 Å². The van der Waals surface area contributed by atoms with Gasteiger partial charge in [-0.25, -0.2) is 9.98 Å². The number of benzodiazepines with no additional fused rings is 1. The van der Waals surface area contributed by atoms with Crippen molar-refractivity contribution in [2.45, 2.75) is 12.7 Å². The lowest BCUT2D eigenvalue weighted by atomic mass is 9.95. The number of morpholine rings is 1. The average molecular weight is 633 g/mol. The SMILES string of the molecule is COCCOc1ncc(Cl)cc1C(=O)NC1N=C(c2c(Cl)cc(Cl)cc2CN2CCOCC2)c2ccccc2NC1=O. The van der Waals surface area contributed by atoms with Gasteiger partial charge < -0.3 is 24.8 Å². The zero-order chi connectivity index (χ0) is 29.6. The zero-order valence-corrected chi connectivity index (χ0v) is 24.9. The van der Waals surface area contributed by atoms with E-state index in [-0.39, 0.29) is 29.7 Å². The highest BCUT2D eigenvalue weighted by atomic mass is 35.5. The Morgan fingerprint density at radius 3 is 2.69 bits per heavy atom. The first-order valence-electron chi connectivity index (χ1n) is 13.2. The number of hydrogen-bond acceptors (Lipinski definition) is 8. The van der Waals surface area contributed by atoms with Crippen LogP contribution in [0.5, 0.6) is 5.88 Å². The molecule has 13 heteroatoms. The second-order valence-corrected chi connectivity index (χ2v) is 10.8. The molecule has 1 fully saturated rings. The molecule has 1 aromatic heterocycles. The molecule has 0 radical (unpaired) electrons. The Bertz CT molecular complexity index is 1510. The van der Waals surface area contributed by atoms with E-state index in [1.165, 1.54) is 19.4 Å². The average Bonchev–Trinajstić information content (AvgIpc) is 3.10. The molecule has 1 atom stereocenters. The first-order valence-corrected chi connectivity index (χ1v) is 14.3. The number of rotatable bonds is 9. The van der Waals surface area contributed by atoms with Gasteiger partial charge in [-0.3, -0.25) is 14.5 Å². The third-order valence-electron chi connectivity index (χ3n) is 6.67. The Morgan fingerprint density at radius 1 is 1.12 bits per heavy atom. The first-order chi connectivity index (χ1) is 20.3. The fraction of sp³-hybridized carbons (Fsp3) is 0.310. The molecule has 0 spiro atoms. The van der Waals surface area contributed by atoms with Crippen LogP contribution in [0.1, 0.15) is 27.0 Å². The summed E-state index contributed by atoms with van der Waals surface area (Å²) in [6.07, 6.45) is 0.0400. The molecule has 0 bridgehead atoms. The number of fused-ring (bicyclic) bond motifs is 1. The van der Waals surface area contributed by atoms with Crippen LogP contribution >= 0.6 is 34.8 Å². The summed E-state index contributed by atoms with van der Waals surface area (Å²) in [5.41, 5.74) is 3.08. The maximum atomic E-state index is 13.5. The van der Waals surface area contributed by atoms with Gasteiger partial charge in [0, 0.05) is 49.1 Å². The molecule has 0 saturated carbocycles. The zero-order valence-electron chi connectivity index (χ0n) is 22.7. The fourth-order valence-corrected chi connectivity index (χ4v) is 5.48. The van der Waals surface area contributed by atoms with Crippen LogP contribution in [0.3, 0.4) is 0 Å². The fourth-order valence-electron chi connectivity index (χ4n) is 4.70. The number of carbonyl (C=O) groups excluding carboxylic acids is 2. The van der Waals surface area contributed by atoms with E-state index >= 15 is 0 Å². The lowest BCUT2D eigenvalue weighted by Gasteiger charge is -2.28. The minimum absolute atomic E-state index is 0.0439. The molecule has 42 heavy (non-hydrogen) atoms. The van der Waals surface area contributed by atoms with Crippen molar-refractivity contribution < 1.29 is 23.8 Å². The van der Waals surface area contributed by atoms with Crippen molar-refractivity contribution in [2.24, 2.45) is 4.99 Å². The van der Waals surface area contributed by atoms with Gasteiger partial charge >= 0.3 is 0 Å². The van der Waals surface area contributed by atoms with Gasteiger partial charge in [0.1, 0.15) is 12.2 Å². The number of hydrogen-bond donors (Lipinski definition) is 2. The van der Waals surface area contributed by atoms with E-state index in [1.54, 1.807) is 18.2 Å². The first kappa shape index (κ1) is 30.2. The van der Waals surface area contributed by atoms with Gasteiger partial charge in [0.15, 0.2) is 0 Å². The predicted octanol–water partition coefficient (Wildman–Crippen LogP) is 4.44. The summed E-state index contributed by atoms with van der Waals surface area (Å²) in [7, 11) is 1.53. The molecule has 3 aromatic rings. The van der Waals surface area contributed by atoms with Crippen molar-refractivity contribution in [2.75, 3.05) is 51.9 Å². The van der Waals surface area contributed by atoms with Gasteiger partial charge in [-0.15, -0.1) is 0 Å². The molecule has 2 N–H and O–H groups in total. The molecular weight excluding hydrogens is 605 g/mol. The highest BCUT2D eigenvalue weighted by Gasteiger charge is 2.30. The normalized spacial score (nSPS) is 17.1. The number of aliphatic imine (C=N–C) groups is 1. The molecule has 0 aliphatic carbocycles. The number of benzene rings is 2. The van der Waals surface area contributed by atoms with Gasteiger partial charge in [0.2, 0.25) is 12.0 Å². The molecule has 10 nitrogen and oxygen atoms in total. The molecule has 5 rings (SSSR count). The minimum atomic E-state index is -1.33. The smallest absolute Gasteiger partial charge is 0.269 e. The Hall–Kier alpha value is -3.25. The van der Waals surface area contributed by atoms with Crippen LogP contribution in [0.15, 0.2) is 53.7 Å². The minimum Gasteiger partial charge on any atom is -0.475 e. The third-order valence-corrected chi connectivity index (χ3v) is 7.40. The van der Waals surface area contributed by atoms with E-state index in [1.807, 2.05) is 18.2 Å².